The van der Waals surface area contributed by atoms with Crippen molar-refractivity contribution < 1.29 is 58.4 Å². The van der Waals surface area contributed by atoms with E-state index in [0.29, 0.717) is 50.1 Å². The fourth-order valence-corrected chi connectivity index (χ4v) is 5.30. The standard InChI is InChI=1S/C28H26O12/c1-12(31)39-21-10-36-28(25(33)24(21)32)40-26-17-5-15(8-30)14(7-29)4-16(17)22(23-18(26)9-35-27(23)34)13-2-3-19-20(6-13)38-11-37-19/h2-6,21,24-25,28-30,32-33H,7-11H2,1H3. The summed E-state index contributed by atoms with van der Waals surface area (Å²) in [5, 5.41) is 42.3. The first kappa shape index (κ1) is 26.3. The van der Waals surface area contributed by atoms with Crippen molar-refractivity contribution in [1.82, 2.24) is 0 Å². The zero-order valence-electron chi connectivity index (χ0n) is 21.3. The Labute approximate surface area is 227 Å². The number of hydrogen-bond donors (Lipinski definition) is 4. The molecule has 0 aromatic heterocycles. The second kappa shape index (κ2) is 10.2. The lowest BCUT2D eigenvalue weighted by Crippen LogP contribution is -2.56. The van der Waals surface area contributed by atoms with Crippen molar-refractivity contribution in [2.24, 2.45) is 0 Å². The molecule has 40 heavy (non-hydrogen) atoms. The zero-order chi connectivity index (χ0) is 28.1. The summed E-state index contributed by atoms with van der Waals surface area (Å²) in [6.07, 6.45) is -5.59. The van der Waals surface area contributed by atoms with Gasteiger partial charge in [0.2, 0.25) is 13.1 Å². The summed E-state index contributed by atoms with van der Waals surface area (Å²) in [6.45, 7) is 0.0867. The van der Waals surface area contributed by atoms with Gasteiger partial charge in [-0.1, -0.05) is 6.07 Å². The molecule has 0 bridgehead atoms. The predicted molar refractivity (Wildman–Crippen MR) is 134 cm³/mol. The minimum Gasteiger partial charge on any atom is -0.461 e. The maximum absolute atomic E-state index is 13.1. The molecule has 4 N–H and O–H groups in total. The lowest BCUT2D eigenvalue weighted by molar-refractivity contribution is -0.247. The van der Waals surface area contributed by atoms with Crippen molar-refractivity contribution in [2.75, 3.05) is 13.4 Å². The third-order valence-corrected chi connectivity index (χ3v) is 7.22. The van der Waals surface area contributed by atoms with E-state index < -0.39 is 36.5 Å². The highest BCUT2D eigenvalue weighted by Crippen LogP contribution is 2.48. The molecule has 1 fully saturated rings. The number of ether oxygens (including phenoxy) is 6. The molecular formula is C28H26O12. The molecule has 4 atom stereocenters. The van der Waals surface area contributed by atoms with Crippen molar-refractivity contribution in [3.8, 4) is 28.4 Å². The quantitative estimate of drug-likeness (QED) is 0.322. The van der Waals surface area contributed by atoms with Gasteiger partial charge in [0, 0.05) is 23.4 Å². The van der Waals surface area contributed by atoms with Gasteiger partial charge in [0.25, 0.3) is 0 Å². The molecule has 0 radical (unpaired) electrons. The number of esters is 2. The maximum Gasteiger partial charge on any atom is 0.339 e. The van der Waals surface area contributed by atoms with E-state index in [2.05, 4.69) is 0 Å². The molecule has 3 heterocycles. The first-order valence-corrected chi connectivity index (χ1v) is 12.6. The van der Waals surface area contributed by atoms with Crippen molar-refractivity contribution in [1.29, 1.82) is 0 Å². The lowest BCUT2D eigenvalue weighted by atomic mass is 9.87. The normalized spacial score (nSPS) is 23.2. The molecule has 1 saturated heterocycles. The summed E-state index contributed by atoms with van der Waals surface area (Å²) >= 11 is 0. The Morgan fingerprint density at radius 2 is 1.68 bits per heavy atom. The van der Waals surface area contributed by atoms with Gasteiger partial charge in [0.1, 0.15) is 24.6 Å². The van der Waals surface area contributed by atoms with Crippen LogP contribution in [0.3, 0.4) is 0 Å². The van der Waals surface area contributed by atoms with E-state index >= 15 is 0 Å². The number of aliphatic hydroxyl groups is 4. The zero-order valence-corrected chi connectivity index (χ0v) is 21.3. The van der Waals surface area contributed by atoms with Crippen LogP contribution in [0.1, 0.15) is 34.0 Å². The average molecular weight is 555 g/mol. The molecular weight excluding hydrogens is 528 g/mol. The summed E-state index contributed by atoms with van der Waals surface area (Å²) in [5.41, 5.74) is 2.55. The largest absolute Gasteiger partial charge is 0.461 e. The summed E-state index contributed by atoms with van der Waals surface area (Å²) in [5.74, 6) is -0.0580. The minimum absolute atomic E-state index is 0.0643. The maximum atomic E-state index is 13.1. The van der Waals surface area contributed by atoms with Crippen LogP contribution in [0.5, 0.6) is 17.2 Å². The van der Waals surface area contributed by atoms with E-state index in [1.165, 1.54) is 6.92 Å². The van der Waals surface area contributed by atoms with Gasteiger partial charge in [-0.2, -0.15) is 0 Å². The number of rotatable bonds is 6. The van der Waals surface area contributed by atoms with Crippen LogP contribution in [-0.2, 0) is 38.8 Å². The number of carbonyl (C=O) groups excluding carboxylic acids is 2. The van der Waals surface area contributed by atoms with E-state index in [1.807, 2.05) is 0 Å². The number of fused-ring (bicyclic) bond motifs is 3. The summed E-state index contributed by atoms with van der Waals surface area (Å²) in [7, 11) is 0. The molecule has 12 heteroatoms. The smallest absolute Gasteiger partial charge is 0.339 e. The van der Waals surface area contributed by atoms with E-state index in [4.69, 9.17) is 28.4 Å². The Kier molecular flexibility index (Phi) is 6.72. The summed E-state index contributed by atoms with van der Waals surface area (Å²) in [6, 6.07) is 8.52. The van der Waals surface area contributed by atoms with Gasteiger partial charge in [-0.15, -0.1) is 0 Å². The second-order valence-corrected chi connectivity index (χ2v) is 9.63. The fourth-order valence-electron chi connectivity index (χ4n) is 5.30. The number of cyclic esters (lactones) is 1. The topological polar surface area (TPSA) is 170 Å². The molecule has 3 aromatic rings. The molecule has 210 valence electrons. The molecule has 0 aliphatic carbocycles. The van der Waals surface area contributed by atoms with Crippen LogP contribution in [-0.4, -0.2) is 70.4 Å². The Hall–Kier alpha value is -3.94. The summed E-state index contributed by atoms with van der Waals surface area (Å²) in [4.78, 5) is 24.5. The average Bonchev–Trinajstić information content (AvgIpc) is 3.58. The van der Waals surface area contributed by atoms with Crippen LogP contribution in [0.25, 0.3) is 21.9 Å². The number of hydrogen-bond acceptors (Lipinski definition) is 12. The van der Waals surface area contributed by atoms with E-state index in [0.717, 1.165) is 0 Å². The molecule has 3 aromatic carbocycles. The molecule has 4 unspecified atom stereocenters. The van der Waals surface area contributed by atoms with Crippen molar-refractivity contribution >= 4 is 22.7 Å². The van der Waals surface area contributed by atoms with Crippen molar-refractivity contribution in [3.63, 3.8) is 0 Å². The molecule has 0 saturated carbocycles. The first-order chi connectivity index (χ1) is 19.3. The van der Waals surface area contributed by atoms with Gasteiger partial charge in [-0.25, -0.2) is 4.79 Å². The second-order valence-electron chi connectivity index (χ2n) is 9.63. The predicted octanol–water partition coefficient (Wildman–Crippen LogP) is 1.28. The van der Waals surface area contributed by atoms with Gasteiger partial charge in [0.15, 0.2) is 17.6 Å². The van der Waals surface area contributed by atoms with Crippen molar-refractivity contribution in [2.45, 2.75) is 51.3 Å². The number of carbonyl (C=O) groups is 2. The van der Waals surface area contributed by atoms with Crippen LogP contribution in [0, 0.1) is 0 Å². The molecule has 12 nitrogen and oxygen atoms in total. The van der Waals surface area contributed by atoms with Crippen molar-refractivity contribution in [3.05, 3.63) is 52.6 Å². The highest BCUT2D eigenvalue weighted by molar-refractivity contribution is 6.13. The van der Waals surface area contributed by atoms with Crippen LogP contribution in [0.15, 0.2) is 30.3 Å². The number of aliphatic hydroxyl groups excluding tert-OH is 4. The van der Waals surface area contributed by atoms with Crippen LogP contribution >= 0.6 is 0 Å². The van der Waals surface area contributed by atoms with E-state index in [-0.39, 0.29) is 44.5 Å². The fraction of sp³-hybridized carbons (Fsp3) is 0.357. The Balaban J connectivity index is 1.53. The third-order valence-electron chi connectivity index (χ3n) is 7.22. The monoisotopic (exact) mass is 554 g/mol. The third kappa shape index (κ3) is 4.30. The van der Waals surface area contributed by atoms with Gasteiger partial charge in [-0.3, -0.25) is 4.79 Å². The molecule has 3 aliphatic rings. The Morgan fingerprint density at radius 1 is 0.950 bits per heavy atom. The summed E-state index contributed by atoms with van der Waals surface area (Å²) < 4.78 is 33.2. The van der Waals surface area contributed by atoms with Gasteiger partial charge in [0.05, 0.1) is 25.4 Å². The molecule has 0 amide bonds. The number of benzene rings is 3. The van der Waals surface area contributed by atoms with Crippen LogP contribution in [0.4, 0.5) is 0 Å². The highest BCUT2D eigenvalue weighted by Gasteiger charge is 2.43. The van der Waals surface area contributed by atoms with Gasteiger partial charge in [-0.05, 0) is 46.3 Å². The van der Waals surface area contributed by atoms with E-state index in [1.54, 1.807) is 30.3 Å². The molecule has 0 spiro atoms. The SMILES string of the molecule is CC(=O)OC1COC(Oc2c3c(c(-c4ccc5c(c4)OCO5)c4cc(CO)c(CO)cc24)C(=O)OC3)C(O)C1O. The van der Waals surface area contributed by atoms with Crippen LogP contribution < -0.4 is 14.2 Å². The lowest BCUT2D eigenvalue weighted by Gasteiger charge is -2.37. The Bertz CT molecular complexity index is 1520. The first-order valence-electron chi connectivity index (χ1n) is 12.6. The molecule has 6 rings (SSSR count). The van der Waals surface area contributed by atoms with Gasteiger partial charge < -0.3 is 48.8 Å². The Morgan fingerprint density at radius 3 is 2.40 bits per heavy atom. The highest BCUT2D eigenvalue weighted by atomic mass is 16.7. The van der Waals surface area contributed by atoms with E-state index in [9.17, 15) is 30.0 Å². The minimum atomic E-state index is -1.61. The van der Waals surface area contributed by atoms with Crippen LogP contribution in [0.2, 0.25) is 0 Å². The molecule has 3 aliphatic heterocycles. The van der Waals surface area contributed by atoms with Gasteiger partial charge >= 0.3 is 11.9 Å².